The molecule has 2 saturated carbocycles. The van der Waals surface area contributed by atoms with E-state index in [1.807, 2.05) is 18.2 Å². The van der Waals surface area contributed by atoms with Crippen molar-refractivity contribution in [2.24, 2.45) is 23.7 Å². The number of amides is 1. The summed E-state index contributed by atoms with van der Waals surface area (Å²) in [5.74, 6) is 2.80. The third-order valence-electron chi connectivity index (χ3n) is 5.06. The molecule has 3 nitrogen and oxygen atoms in total. The molecule has 4 rings (SSSR count). The Kier molecular flexibility index (Phi) is 3.21. The van der Waals surface area contributed by atoms with E-state index in [1.54, 1.807) is 0 Å². The summed E-state index contributed by atoms with van der Waals surface area (Å²) in [7, 11) is 0. The second-order valence-electron chi connectivity index (χ2n) is 6.77. The lowest BCUT2D eigenvalue weighted by Gasteiger charge is -2.19. The zero-order valence-electron chi connectivity index (χ0n) is 12.2. The number of nitrogens with one attached hydrogen (secondary N) is 2. The van der Waals surface area contributed by atoms with Crippen molar-refractivity contribution in [3.63, 3.8) is 0 Å². The highest BCUT2D eigenvalue weighted by atomic mass is 16.2. The van der Waals surface area contributed by atoms with Crippen molar-refractivity contribution in [3.8, 4) is 0 Å². The van der Waals surface area contributed by atoms with E-state index in [4.69, 9.17) is 0 Å². The van der Waals surface area contributed by atoms with Gasteiger partial charge in [-0.2, -0.15) is 0 Å². The number of allylic oxidation sites excluding steroid dienone is 2. The predicted molar refractivity (Wildman–Crippen MR) is 85.1 cm³/mol. The van der Waals surface area contributed by atoms with Crippen LogP contribution in [0.25, 0.3) is 0 Å². The van der Waals surface area contributed by atoms with Crippen LogP contribution in [-0.2, 0) is 4.79 Å². The first-order valence-electron chi connectivity index (χ1n) is 8.11. The van der Waals surface area contributed by atoms with Crippen molar-refractivity contribution in [1.29, 1.82) is 0 Å². The minimum atomic E-state index is 0.172. The number of hydrogen-bond donors (Lipinski definition) is 2. The highest BCUT2D eigenvalue weighted by molar-refractivity contribution is 5.94. The van der Waals surface area contributed by atoms with Crippen LogP contribution < -0.4 is 10.6 Å². The Bertz CT molecular complexity index is 576. The SMILES string of the molecule is O=C(Nc1cccc(NCC2CC3C=CC2C3)c1)C1CC1. The van der Waals surface area contributed by atoms with Gasteiger partial charge in [0.15, 0.2) is 0 Å². The third-order valence-corrected chi connectivity index (χ3v) is 5.06. The molecule has 0 heterocycles. The van der Waals surface area contributed by atoms with Crippen LogP contribution in [0.4, 0.5) is 11.4 Å². The Morgan fingerprint density at radius 1 is 1.14 bits per heavy atom. The van der Waals surface area contributed by atoms with Crippen molar-refractivity contribution < 1.29 is 4.79 Å². The van der Waals surface area contributed by atoms with Crippen LogP contribution >= 0.6 is 0 Å². The molecule has 3 atom stereocenters. The molecule has 3 aliphatic rings. The van der Waals surface area contributed by atoms with Gasteiger partial charge in [0.05, 0.1) is 0 Å². The molecule has 2 N–H and O–H groups in total. The summed E-state index contributed by atoms with van der Waals surface area (Å²) < 4.78 is 0. The predicted octanol–water partition coefficient (Wildman–Crippen LogP) is 3.66. The van der Waals surface area contributed by atoms with Crippen LogP contribution in [0.1, 0.15) is 25.7 Å². The van der Waals surface area contributed by atoms with Crippen LogP contribution in [0.2, 0.25) is 0 Å². The first kappa shape index (κ1) is 12.9. The van der Waals surface area contributed by atoms with E-state index < -0.39 is 0 Å². The number of anilines is 2. The van der Waals surface area contributed by atoms with Gasteiger partial charge in [-0.15, -0.1) is 0 Å². The number of carbonyl (C=O) groups is 1. The Hall–Kier alpha value is -1.77. The lowest BCUT2D eigenvalue weighted by molar-refractivity contribution is -0.117. The number of rotatable bonds is 5. The average Bonchev–Trinajstić information content (AvgIpc) is 3.15. The zero-order valence-corrected chi connectivity index (χ0v) is 12.2. The molecular weight excluding hydrogens is 260 g/mol. The maximum absolute atomic E-state index is 11.8. The van der Waals surface area contributed by atoms with Crippen molar-refractivity contribution in [2.75, 3.05) is 17.2 Å². The van der Waals surface area contributed by atoms with Gasteiger partial charge in [0.1, 0.15) is 0 Å². The van der Waals surface area contributed by atoms with Gasteiger partial charge in [-0.3, -0.25) is 4.79 Å². The molecule has 3 heteroatoms. The highest BCUT2D eigenvalue weighted by Gasteiger charge is 2.35. The number of fused-ring (bicyclic) bond motifs is 2. The Morgan fingerprint density at radius 2 is 2.00 bits per heavy atom. The second-order valence-corrected chi connectivity index (χ2v) is 6.77. The molecular formula is C18H22N2O. The van der Waals surface area contributed by atoms with Gasteiger partial charge in [0.2, 0.25) is 5.91 Å². The van der Waals surface area contributed by atoms with E-state index in [2.05, 4.69) is 28.9 Å². The van der Waals surface area contributed by atoms with Gasteiger partial charge < -0.3 is 10.6 Å². The first-order valence-corrected chi connectivity index (χ1v) is 8.11. The average molecular weight is 282 g/mol. The molecule has 0 aromatic heterocycles. The number of benzene rings is 1. The van der Waals surface area contributed by atoms with Crippen LogP contribution in [-0.4, -0.2) is 12.5 Å². The molecule has 2 fully saturated rings. The fraction of sp³-hybridized carbons (Fsp3) is 0.500. The molecule has 1 aromatic rings. The topological polar surface area (TPSA) is 41.1 Å². The van der Waals surface area contributed by atoms with Crippen molar-refractivity contribution in [1.82, 2.24) is 0 Å². The first-order chi connectivity index (χ1) is 10.3. The van der Waals surface area contributed by atoms with Gasteiger partial charge >= 0.3 is 0 Å². The van der Waals surface area contributed by atoms with Crippen LogP contribution in [0.3, 0.4) is 0 Å². The monoisotopic (exact) mass is 282 g/mol. The van der Waals surface area contributed by atoms with E-state index in [9.17, 15) is 4.79 Å². The summed E-state index contributed by atoms with van der Waals surface area (Å²) in [5, 5.41) is 6.55. The Morgan fingerprint density at radius 3 is 2.71 bits per heavy atom. The third kappa shape index (κ3) is 2.82. The number of carbonyl (C=O) groups excluding carboxylic acids is 1. The lowest BCUT2D eigenvalue weighted by Crippen LogP contribution is -2.18. The van der Waals surface area contributed by atoms with E-state index in [0.29, 0.717) is 0 Å². The van der Waals surface area contributed by atoms with E-state index in [0.717, 1.165) is 48.5 Å². The fourth-order valence-corrected chi connectivity index (χ4v) is 3.68. The maximum atomic E-state index is 11.8. The molecule has 0 spiro atoms. The second kappa shape index (κ2) is 5.21. The smallest absolute Gasteiger partial charge is 0.227 e. The highest BCUT2D eigenvalue weighted by Crippen LogP contribution is 2.43. The molecule has 0 radical (unpaired) electrons. The molecule has 21 heavy (non-hydrogen) atoms. The van der Waals surface area contributed by atoms with Gasteiger partial charge in [0.25, 0.3) is 0 Å². The normalized spacial score (nSPS) is 29.6. The van der Waals surface area contributed by atoms with Crippen molar-refractivity contribution in [3.05, 3.63) is 36.4 Å². The molecule has 0 saturated heterocycles. The van der Waals surface area contributed by atoms with Gasteiger partial charge in [-0.1, -0.05) is 18.2 Å². The fourth-order valence-electron chi connectivity index (χ4n) is 3.68. The Labute approximate surface area is 125 Å². The lowest BCUT2D eigenvalue weighted by atomic mass is 9.93. The molecule has 1 amide bonds. The van der Waals surface area contributed by atoms with Crippen molar-refractivity contribution in [2.45, 2.75) is 25.7 Å². The van der Waals surface area contributed by atoms with Crippen LogP contribution in [0, 0.1) is 23.7 Å². The van der Waals surface area contributed by atoms with E-state index in [-0.39, 0.29) is 11.8 Å². The van der Waals surface area contributed by atoms with E-state index in [1.165, 1.54) is 12.8 Å². The summed E-state index contributed by atoms with van der Waals surface area (Å²) in [4.78, 5) is 11.8. The van der Waals surface area contributed by atoms with Crippen LogP contribution in [0.15, 0.2) is 36.4 Å². The summed E-state index contributed by atoms with van der Waals surface area (Å²) in [6.07, 6.45) is 9.54. The van der Waals surface area contributed by atoms with Crippen molar-refractivity contribution >= 4 is 17.3 Å². The van der Waals surface area contributed by atoms with Gasteiger partial charge in [-0.25, -0.2) is 0 Å². The molecule has 3 unspecified atom stereocenters. The minimum absolute atomic E-state index is 0.172. The molecule has 110 valence electrons. The maximum Gasteiger partial charge on any atom is 0.227 e. The summed E-state index contributed by atoms with van der Waals surface area (Å²) in [6, 6.07) is 8.09. The molecule has 0 aliphatic heterocycles. The summed E-state index contributed by atoms with van der Waals surface area (Å²) >= 11 is 0. The summed E-state index contributed by atoms with van der Waals surface area (Å²) in [5.41, 5.74) is 2.01. The van der Waals surface area contributed by atoms with Gasteiger partial charge in [-0.05, 0) is 61.6 Å². The summed E-state index contributed by atoms with van der Waals surface area (Å²) in [6.45, 7) is 1.03. The largest absolute Gasteiger partial charge is 0.385 e. The van der Waals surface area contributed by atoms with E-state index >= 15 is 0 Å². The number of hydrogen-bond acceptors (Lipinski definition) is 2. The Balaban J connectivity index is 1.34. The van der Waals surface area contributed by atoms with Gasteiger partial charge in [0, 0.05) is 23.8 Å². The standard InChI is InChI=1S/C18H22N2O/c21-18(13-6-7-13)20-17-3-1-2-16(10-17)19-11-15-9-12-4-5-14(15)8-12/h1-5,10,12-15,19H,6-9,11H2,(H,20,21). The minimum Gasteiger partial charge on any atom is -0.385 e. The quantitative estimate of drug-likeness (QED) is 0.809. The van der Waals surface area contributed by atoms with Crippen LogP contribution in [0.5, 0.6) is 0 Å². The molecule has 2 bridgehead atoms. The zero-order chi connectivity index (χ0) is 14.2. The molecule has 3 aliphatic carbocycles. The molecule has 1 aromatic carbocycles.